The summed E-state index contributed by atoms with van der Waals surface area (Å²) in [6, 6.07) is 0. The Balaban J connectivity index is 2.56. The highest BCUT2D eigenvalue weighted by molar-refractivity contribution is 6.77. The van der Waals surface area contributed by atoms with Crippen LogP contribution in [0, 0.1) is 0 Å². The lowest BCUT2D eigenvalue weighted by Gasteiger charge is -2.38. The van der Waals surface area contributed by atoms with E-state index in [9.17, 15) is 0 Å². The van der Waals surface area contributed by atoms with Crippen molar-refractivity contribution >= 4 is 8.07 Å². The van der Waals surface area contributed by atoms with Gasteiger partial charge in [-0.2, -0.15) is 0 Å². The van der Waals surface area contributed by atoms with Crippen LogP contribution in [0.5, 0.6) is 0 Å². The van der Waals surface area contributed by atoms with Crippen LogP contribution >= 0.6 is 0 Å². The third-order valence-electron chi connectivity index (χ3n) is 3.20. The van der Waals surface area contributed by atoms with Crippen molar-refractivity contribution in [2.24, 2.45) is 0 Å². The van der Waals surface area contributed by atoms with Crippen molar-refractivity contribution < 1.29 is 4.74 Å². The van der Waals surface area contributed by atoms with Gasteiger partial charge in [0.15, 0.2) is 0 Å². The molecule has 1 aliphatic rings. The van der Waals surface area contributed by atoms with Gasteiger partial charge in [0.05, 0.1) is 14.2 Å². The van der Waals surface area contributed by atoms with E-state index in [-0.39, 0.29) is 0 Å². The summed E-state index contributed by atoms with van der Waals surface area (Å²) in [5.41, 5.74) is 0.904. The maximum atomic E-state index is 5.86. The summed E-state index contributed by atoms with van der Waals surface area (Å²) in [6.45, 7) is 10.5. The summed E-state index contributed by atoms with van der Waals surface area (Å²) in [6.07, 6.45) is 6.12. The molecular weight excluding hydrogens is 176 g/mol. The number of ether oxygens (including phenoxy) is 1. The van der Waals surface area contributed by atoms with Crippen LogP contribution in [0.4, 0.5) is 0 Å². The van der Waals surface area contributed by atoms with E-state index in [1.165, 1.54) is 25.7 Å². The first-order valence-electron chi connectivity index (χ1n) is 5.67. The predicted octanol–water partition coefficient (Wildman–Crippen LogP) is 3.67. The van der Waals surface area contributed by atoms with Gasteiger partial charge in [-0.15, -0.1) is 0 Å². The Morgan fingerprint density at radius 2 is 1.77 bits per heavy atom. The normalized spacial score (nSPS) is 30.5. The minimum absolute atomic E-state index is 0.588. The number of hydrogen-bond donors (Lipinski definition) is 0. The van der Waals surface area contributed by atoms with Gasteiger partial charge in [0.2, 0.25) is 0 Å². The quantitative estimate of drug-likeness (QED) is 0.632. The average molecular weight is 200 g/mol. The van der Waals surface area contributed by atoms with Crippen LogP contribution in [0.2, 0.25) is 25.2 Å². The maximum absolute atomic E-state index is 5.86. The summed E-state index contributed by atoms with van der Waals surface area (Å²) in [5.74, 6) is 0. The summed E-state index contributed by atoms with van der Waals surface area (Å²) < 4.78 is 5.86. The van der Waals surface area contributed by atoms with Gasteiger partial charge >= 0.3 is 0 Å². The fourth-order valence-corrected chi connectivity index (χ4v) is 4.95. The molecule has 0 spiro atoms. The second-order valence-corrected chi connectivity index (χ2v) is 10.7. The molecule has 1 aliphatic carbocycles. The number of hydrogen-bond acceptors (Lipinski definition) is 1. The molecule has 1 saturated carbocycles. The molecule has 0 aromatic carbocycles. The molecule has 2 heteroatoms. The van der Waals surface area contributed by atoms with E-state index < -0.39 is 8.07 Å². The van der Waals surface area contributed by atoms with Crippen LogP contribution in [-0.4, -0.2) is 20.8 Å². The molecule has 0 aromatic heterocycles. The van der Waals surface area contributed by atoms with E-state index in [1.807, 2.05) is 0 Å². The first kappa shape index (κ1) is 11.3. The Kier molecular flexibility index (Phi) is 3.99. The van der Waals surface area contributed by atoms with Crippen LogP contribution < -0.4 is 0 Å². The molecule has 1 nitrogen and oxygen atoms in total. The molecular formula is C11H24OSi. The van der Waals surface area contributed by atoms with Gasteiger partial charge in [-0.05, 0) is 18.9 Å². The van der Waals surface area contributed by atoms with Crippen LogP contribution in [0.3, 0.4) is 0 Å². The summed E-state index contributed by atoms with van der Waals surface area (Å²) >= 11 is 0. The molecule has 1 rings (SSSR count). The fourth-order valence-electron chi connectivity index (χ4n) is 2.50. The molecule has 0 saturated heterocycles. The highest BCUT2D eigenvalue weighted by atomic mass is 28.3. The lowest BCUT2D eigenvalue weighted by atomic mass is 9.97. The Labute approximate surface area is 83.9 Å². The van der Waals surface area contributed by atoms with Crippen LogP contribution in [-0.2, 0) is 4.74 Å². The van der Waals surface area contributed by atoms with Crippen molar-refractivity contribution in [3.8, 4) is 0 Å². The Hall–Kier alpha value is 0.177. The maximum Gasteiger partial charge on any atom is 0.0579 e. The average Bonchev–Trinajstić information content (AvgIpc) is 2.04. The Morgan fingerprint density at radius 1 is 1.15 bits per heavy atom. The van der Waals surface area contributed by atoms with Gasteiger partial charge in [0, 0.05) is 6.61 Å². The van der Waals surface area contributed by atoms with Gasteiger partial charge < -0.3 is 4.74 Å². The van der Waals surface area contributed by atoms with E-state index in [4.69, 9.17) is 4.74 Å². The molecule has 0 unspecified atom stereocenters. The minimum Gasteiger partial charge on any atom is -0.379 e. The molecule has 78 valence electrons. The molecule has 0 radical (unpaired) electrons. The summed E-state index contributed by atoms with van der Waals surface area (Å²) in [7, 11) is -0.982. The standard InChI is InChI=1S/C11H24OSi/c1-5-12-10-8-6-7-9-11(10)13(2,3)4/h10-11H,5-9H2,1-4H3/t10-,11-/m0/s1. The molecule has 2 atom stereocenters. The molecule has 1 fully saturated rings. The van der Waals surface area contributed by atoms with Crippen molar-refractivity contribution in [1.29, 1.82) is 0 Å². The molecule has 13 heavy (non-hydrogen) atoms. The zero-order chi connectivity index (χ0) is 9.90. The molecule has 0 bridgehead atoms. The smallest absolute Gasteiger partial charge is 0.0579 e. The summed E-state index contributed by atoms with van der Waals surface area (Å²) in [4.78, 5) is 0. The van der Waals surface area contributed by atoms with E-state index in [2.05, 4.69) is 26.6 Å². The lowest BCUT2D eigenvalue weighted by Crippen LogP contribution is -2.39. The third-order valence-corrected chi connectivity index (χ3v) is 6.08. The zero-order valence-corrected chi connectivity index (χ0v) is 10.6. The van der Waals surface area contributed by atoms with E-state index in [0.29, 0.717) is 6.10 Å². The van der Waals surface area contributed by atoms with E-state index in [1.54, 1.807) is 0 Å². The van der Waals surface area contributed by atoms with Crippen molar-refractivity contribution in [3.05, 3.63) is 0 Å². The van der Waals surface area contributed by atoms with Gasteiger partial charge in [-0.25, -0.2) is 0 Å². The highest BCUT2D eigenvalue weighted by Gasteiger charge is 2.35. The van der Waals surface area contributed by atoms with Crippen molar-refractivity contribution in [2.75, 3.05) is 6.61 Å². The fraction of sp³-hybridized carbons (Fsp3) is 1.00. The Morgan fingerprint density at radius 3 is 2.31 bits per heavy atom. The predicted molar refractivity (Wildman–Crippen MR) is 61.0 cm³/mol. The third kappa shape index (κ3) is 3.10. The van der Waals surface area contributed by atoms with Crippen LogP contribution in [0.15, 0.2) is 0 Å². The second-order valence-electron chi connectivity index (χ2n) is 5.25. The molecule has 0 aromatic rings. The number of rotatable bonds is 3. The second kappa shape index (κ2) is 4.60. The van der Waals surface area contributed by atoms with Crippen molar-refractivity contribution in [3.63, 3.8) is 0 Å². The van der Waals surface area contributed by atoms with Gasteiger partial charge in [0.25, 0.3) is 0 Å². The first-order chi connectivity index (χ1) is 6.05. The van der Waals surface area contributed by atoms with E-state index in [0.717, 1.165) is 12.1 Å². The van der Waals surface area contributed by atoms with Gasteiger partial charge in [0.1, 0.15) is 0 Å². The van der Waals surface area contributed by atoms with Crippen molar-refractivity contribution in [2.45, 2.75) is 63.9 Å². The largest absolute Gasteiger partial charge is 0.379 e. The first-order valence-corrected chi connectivity index (χ1v) is 9.25. The SMILES string of the molecule is CCO[C@H]1CCCC[C@@H]1[Si](C)(C)C. The monoisotopic (exact) mass is 200 g/mol. The lowest BCUT2D eigenvalue weighted by molar-refractivity contribution is 0.0352. The molecule has 0 aliphatic heterocycles. The highest BCUT2D eigenvalue weighted by Crippen LogP contribution is 2.38. The topological polar surface area (TPSA) is 9.23 Å². The Bertz CT molecular complexity index is 149. The molecule has 0 N–H and O–H groups in total. The molecule has 0 amide bonds. The zero-order valence-electron chi connectivity index (χ0n) is 9.60. The van der Waals surface area contributed by atoms with Gasteiger partial charge in [-0.1, -0.05) is 38.9 Å². The summed E-state index contributed by atoms with van der Waals surface area (Å²) in [5, 5.41) is 0. The van der Waals surface area contributed by atoms with E-state index >= 15 is 0 Å². The minimum atomic E-state index is -0.982. The van der Waals surface area contributed by atoms with Gasteiger partial charge in [-0.3, -0.25) is 0 Å². The molecule has 0 heterocycles. The van der Waals surface area contributed by atoms with Crippen LogP contribution in [0.1, 0.15) is 32.6 Å². The van der Waals surface area contributed by atoms with Crippen molar-refractivity contribution in [1.82, 2.24) is 0 Å². The van der Waals surface area contributed by atoms with Crippen LogP contribution in [0.25, 0.3) is 0 Å².